The molecule has 2 aromatic carbocycles. The third-order valence-electron chi connectivity index (χ3n) is 5.97. The smallest absolute Gasteiger partial charge is 0.282 e. The zero-order chi connectivity index (χ0) is 24.5. The van der Waals surface area contributed by atoms with Crippen molar-refractivity contribution in [3.8, 4) is 28.1 Å². The first-order valence-corrected chi connectivity index (χ1v) is 15.1. The SMILES string of the molecule is COc1ccc(-c2c(C)n(COCC[Si](C)(C)C)c3c(N)c(-c4ccccc4)nn3c2=O)cc1. The van der Waals surface area contributed by atoms with Crippen LogP contribution < -0.4 is 16.0 Å². The lowest BCUT2D eigenvalue weighted by atomic mass is 10.1. The Bertz CT molecular complexity index is 1350. The van der Waals surface area contributed by atoms with E-state index in [9.17, 15) is 4.79 Å². The van der Waals surface area contributed by atoms with Gasteiger partial charge in [0.25, 0.3) is 5.56 Å². The number of nitrogens with zero attached hydrogens (tertiary/aromatic N) is 3. The first kappa shape index (κ1) is 23.8. The summed E-state index contributed by atoms with van der Waals surface area (Å²) in [5, 5.41) is 4.66. The topological polar surface area (TPSA) is 83.8 Å². The second kappa shape index (κ2) is 9.48. The monoisotopic (exact) mass is 476 g/mol. The fourth-order valence-corrected chi connectivity index (χ4v) is 4.73. The van der Waals surface area contributed by atoms with Crippen LogP contribution in [0.2, 0.25) is 25.7 Å². The lowest BCUT2D eigenvalue weighted by molar-refractivity contribution is 0.0878. The molecule has 2 aromatic heterocycles. The molecule has 34 heavy (non-hydrogen) atoms. The molecule has 0 atom stereocenters. The maximum Gasteiger partial charge on any atom is 0.282 e. The Balaban J connectivity index is 1.89. The number of nitrogens with two attached hydrogens (primary N) is 1. The van der Waals surface area contributed by atoms with E-state index >= 15 is 0 Å². The van der Waals surface area contributed by atoms with Gasteiger partial charge in [0, 0.05) is 25.9 Å². The Labute approximate surface area is 200 Å². The molecular formula is C26H32N4O3Si. The highest BCUT2D eigenvalue weighted by Crippen LogP contribution is 2.31. The van der Waals surface area contributed by atoms with Crippen LogP contribution in [0.15, 0.2) is 59.4 Å². The molecule has 0 amide bonds. The van der Waals surface area contributed by atoms with Gasteiger partial charge in [0.05, 0.1) is 12.7 Å². The largest absolute Gasteiger partial charge is 0.497 e. The summed E-state index contributed by atoms with van der Waals surface area (Å²) in [7, 11) is 0.386. The maximum atomic E-state index is 13.7. The number of anilines is 1. The minimum atomic E-state index is -1.23. The van der Waals surface area contributed by atoms with Gasteiger partial charge >= 0.3 is 0 Å². The molecule has 0 unspecified atom stereocenters. The lowest BCUT2D eigenvalue weighted by Crippen LogP contribution is -2.26. The zero-order valence-electron chi connectivity index (χ0n) is 20.5. The number of hydrogen-bond donors (Lipinski definition) is 1. The molecule has 7 nitrogen and oxygen atoms in total. The van der Waals surface area contributed by atoms with Crippen LogP contribution in [0.5, 0.6) is 5.75 Å². The average Bonchev–Trinajstić information content (AvgIpc) is 3.16. The third-order valence-corrected chi connectivity index (χ3v) is 7.67. The molecule has 0 radical (unpaired) electrons. The molecule has 0 aliphatic carbocycles. The first-order valence-electron chi connectivity index (χ1n) is 11.4. The van der Waals surface area contributed by atoms with Crippen molar-refractivity contribution in [2.24, 2.45) is 0 Å². The van der Waals surface area contributed by atoms with Crippen LogP contribution in [0.4, 0.5) is 5.69 Å². The van der Waals surface area contributed by atoms with Crippen LogP contribution in [-0.4, -0.2) is 36.0 Å². The van der Waals surface area contributed by atoms with Crippen LogP contribution in [0, 0.1) is 6.92 Å². The molecule has 4 rings (SSSR count). The van der Waals surface area contributed by atoms with Crippen LogP contribution in [-0.2, 0) is 11.5 Å². The molecule has 0 bridgehead atoms. The number of benzene rings is 2. The van der Waals surface area contributed by atoms with Gasteiger partial charge in [-0.2, -0.15) is 9.61 Å². The molecule has 0 spiro atoms. The zero-order valence-corrected chi connectivity index (χ0v) is 21.5. The van der Waals surface area contributed by atoms with Crippen molar-refractivity contribution in [1.29, 1.82) is 0 Å². The van der Waals surface area contributed by atoms with Crippen LogP contribution in [0.1, 0.15) is 5.69 Å². The number of methoxy groups -OCH3 is 1. The van der Waals surface area contributed by atoms with Crippen LogP contribution in [0.3, 0.4) is 0 Å². The fraction of sp³-hybridized carbons (Fsp3) is 0.308. The van der Waals surface area contributed by atoms with Gasteiger partial charge in [-0.05, 0) is 30.7 Å². The molecule has 0 fully saturated rings. The molecule has 178 valence electrons. The molecule has 8 heteroatoms. The Kier molecular flexibility index (Phi) is 6.63. The van der Waals surface area contributed by atoms with Crippen molar-refractivity contribution < 1.29 is 9.47 Å². The van der Waals surface area contributed by atoms with Crippen molar-refractivity contribution in [3.05, 3.63) is 70.6 Å². The van der Waals surface area contributed by atoms with E-state index in [1.54, 1.807) is 7.11 Å². The molecular weight excluding hydrogens is 444 g/mol. The number of ether oxygens (including phenoxy) is 2. The van der Waals surface area contributed by atoms with Gasteiger partial charge in [-0.15, -0.1) is 0 Å². The number of nitrogen functional groups attached to an aromatic ring is 1. The lowest BCUT2D eigenvalue weighted by Gasteiger charge is -2.19. The highest BCUT2D eigenvalue weighted by atomic mass is 28.3. The summed E-state index contributed by atoms with van der Waals surface area (Å²) < 4.78 is 14.8. The van der Waals surface area contributed by atoms with E-state index in [0.29, 0.717) is 29.2 Å². The summed E-state index contributed by atoms with van der Waals surface area (Å²) in [6.45, 7) is 9.84. The van der Waals surface area contributed by atoms with E-state index in [1.807, 2.05) is 66.1 Å². The molecule has 2 heterocycles. The molecule has 4 aromatic rings. The van der Waals surface area contributed by atoms with Crippen LogP contribution >= 0.6 is 0 Å². The van der Waals surface area contributed by atoms with Gasteiger partial charge < -0.3 is 19.8 Å². The fourth-order valence-electron chi connectivity index (χ4n) is 3.97. The third kappa shape index (κ3) is 4.64. The second-order valence-corrected chi connectivity index (χ2v) is 15.3. The van der Waals surface area contributed by atoms with Gasteiger partial charge in [0.2, 0.25) is 0 Å². The van der Waals surface area contributed by atoms with Gasteiger partial charge in [0.1, 0.15) is 23.9 Å². The summed E-state index contributed by atoms with van der Waals surface area (Å²) in [5.74, 6) is 0.729. The van der Waals surface area contributed by atoms with E-state index in [4.69, 9.17) is 15.2 Å². The summed E-state index contributed by atoms with van der Waals surface area (Å²) in [4.78, 5) is 13.7. The number of aromatic nitrogens is 3. The summed E-state index contributed by atoms with van der Waals surface area (Å²) in [6, 6.07) is 18.2. The molecule has 0 aliphatic rings. The van der Waals surface area contributed by atoms with E-state index in [2.05, 4.69) is 24.7 Å². The normalized spacial score (nSPS) is 11.8. The summed E-state index contributed by atoms with van der Waals surface area (Å²) in [6.07, 6.45) is 0. The summed E-state index contributed by atoms with van der Waals surface area (Å²) >= 11 is 0. The van der Waals surface area contributed by atoms with E-state index in [1.165, 1.54) is 4.52 Å². The minimum absolute atomic E-state index is 0.218. The van der Waals surface area contributed by atoms with Crippen molar-refractivity contribution in [1.82, 2.24) is 14.2 Å². The van der Waals surface area contributed by atoms with Gasteiger partial charge in [0.15, 0.2) is 5.65 Å². The van der Waals surface area contributed by atoms with Gasteiger partial charge in [-0.1, -0.05) is 62.1 Å². The van der Waals surface area contributed by atoms with E-state index in [-0.39, 0.29) is 12.3 Å². The van der Waals surface area contributed by atoms with Crippen LogP contribution in [0.25, 0.3) is 28.0 Å². The van der Waals surface area contributed by atoms with Crippen molar-refractivity contribution in [2.45, 2.75) is 39.3 Å². The number of hydrogen-bond acceptors (Lipinski definition) is 5. The minimum Gasteiger partial charge on any atom is -0.497 e. The predicted molar refractivity (Wildman–Crippen MR) is 140 cm³/mol. The molecule has 2 N–H and O–H groups in total. The highest BCUT2D eigenvalue weighted by Gasteiger charge is 2.22. The van der Waals surface area contributed by atoms with E-state index in [0.717, 1.165) is 28.6 Å². The molecule has 0 saturated carbocycles. The van der Waals surface area contributed by atoms with Crippen molar-refractivity contribution in [3.63, 3.8) is 0 Å². The average molecular weight is 477 g/mol. The Morgan fingerprint density at radius 2 is 1.68 bits per heavy atom. The molecule has 0 aliphatic heterocycles. The highest BCUT2D eigenvalue weighted by molar-refractivity contribution is 6.76. The van der Waals surface area contributed by atoms with Crippen molar-refractivity contribution >= 4 is 19.4 Å². The maximum absolute atomic E-state index is 13.7. The predicted octanol–water partition coefficient (Wildman–Crippen LogP) is 5.04. The summed E-state index contributed by atoms with van der Waals surface area (Å²) in [5.41, 5.74) is 11.0. The Morgan fingerprint density at radius 3 is 2.29 bits per heavy atom. The van der Waals surface area contributed by atoms with Gasteiger partial charge in [-0.25, -0.2) is 0 Å². The number of rotatable bonds is 8. The second-order valence-electron chi connectivity index (χ2n) is 9.63. The van der Waals surface area contributed by atoms with E-state index < -0.39 is 8.07 Å². The quantitative estimate of drug-likeness (QED) is 0.284. The molecule has 0 saturated heterocycles. The number of fused-ring (bicyclic) bond motifs is 1. The first-order chi connectivity index (χ1) is 16.2. The standard InChI is InChI=1S/C26H32N4O3Si/c1-18-22(19-11-13-21(32-2)14-12-19)26(31)30-25(29(18)17-33-15-16-34(3,4)5)23(27)24(28-30)20-9-7-6-8-10-20/h6-14H,15-17,27H2,1-5H3. The van der Waals surface area contributed by atoms with Gasteiger partial charge in [-0.3, -0.25) is 4.79 Å². The van der Waals surface area contributed by atoms with Crippen molar-refractivity contribution in [2.75, 3.05) is 19.5 Å². The Hall–Kier alpha value is -3.36. The Morgan fingerprint density at radius 1 is 1.00 bits per heavy atom.